The van der Waals surface area contributed by atoms with Gasteiger partial charge in [-0.05, 0) is 38.9 Å². The number of anilines is 4. The lowest BCUT2D eigenvalue weighted by molar-refractivity contribution is -0.122. The quantitative estimate of drug-likeness (QED) is 0.518. The molecule has 190 valence electrons. The zero-order valence-electron chi connectivity index (χ0n) is 20.1. The molecule has 0 spiro atoms. The summed E-state index contributed by atoms with van der Waals surface area (Å²) in [6, 6.07) is 5.08. The van der Waals surface area contributed by atoms with Gasteiger partial charge in [-0.2, -0.15) is 13.8 Å². The fourth-order valence-corrected chi connectivity index (χ4v) is 4.66. The van der Waals surface area contributed by atoms with Crippen molar-refractivity contribution in [2.75, 3.05) is 48.8 Å². The smallest absolute Gasteiger partial charge is 0.387 e. The van der Waals surface area contributed by atoms with E-state index in [0.717, 1.165) is 63.1 Å². The van der Waals surface area contributed by atoms with Crippen molar-refractivity contribution in [3.8, 4) is 5.75 Å². The Kier molecular flexibility index (Phi) is 7.84. The maximum atomic E-state index is 13.2. The minimum Gasteiger partial charge on any atom is -0.433 e. The second-order valence-electron chi connectivity index (χ2n) is 9.24. The molecule has 2 aliphatic rings. The zero-order valence-corrected chi connectivity index (χ0v) is 20.1. The number of likely N-dealkylation sites (N-methyl/N-ethyl adjacent to an activating group) is 1. The van der Waals surface area contributed by atoms with Gasteiger partial charge in [-0.3, -0.25) is 4.79 Å². The molecule has 1 amide bonds. The average molecular weight is 490 g/mol. The predicted octanol–water partition coefficient (Wildman–Crippen LogP) is 3.34. The summed E-state index contributed by atoms with van der Waals surface area (Å²) in [5.74, 6) is 0.252. The largest absolute Gasteiger partial charge is 0.433 e. The number of nitrogens with zero attached hydrogens (tertiary/aromatic N) is 4. The van der Waals surface area contributed by atoms with Crippen LogP contribution in [0.2, 0.25) is 0 Å². The van der Waals surface area contributed by atoms with E-state index in [1.807, 2.05) is 13.0 Å². The number of aromatic nitrogens is 2. The summed E-state index contributed by atoms with van der Waals surface area (Å²) >= 11 is 0. The third-order valence-electron chi connectivity index (χ3n) is 6.72. The van der Waals surface area contributed by atoms with E-state index in [1.54, 1.807) is 18.3 Å². The number of aryl methyl sites for hydroxylation is 1. The third-order valence-corrected chi connectivity index (χ3v) is 6.72. The zero-order chi connectivity index (χ0) is 24.9. The van der Waals surface area contributed by atoms with E-state index >= 15 is 0 Å². The van der Waals surface area contributed by atoms with Crippen LogP contribution in [0.15, 0.2) is 24.4 Å². The Morgan fingerprint density at radius 3 is 2.66 bits per heavy atom. The van der Waals surface area contributed by atoms with E-state index in [2.05, 4.69) is 37.4 Å². The van der Waals surface area contributed by atoms with Gasteiger partial charge in [0.15, 0.2) is 5.75 Å². The first-order chi connectivity index (χ1) is 16.8. The summed E-state index contributed by atoms with van der Waals surface area (Å²) < 4.78 is 31.2. The summed E-state index contributed by atoms with van der Waals surface area (Å²) in [6.45, 7) is 2.31. The third kappa shape index (κ3) is 6.27. The van der Waals surface area contributed by atoms with Crippen LogP contribution < -0.4 is 26.0 Å². The summed E-state index contributed by atoms with van der Waals surface area (Å²) in [7, 11) is 2.06. The van der Waals surface area contributed by atoms with E-state index in [4.69, 9.17) is 10.5 Å². The van der Waals surface area contributed by atoms with E-state index in [9.17, 15) is 13.6 Å². The number of halogens is 2. The summed E-state index contributed by atoms with van der Waals surface area (Å²) in [4.78, 5) is 25.1. The van der Waals surface area contributed by atoms with Crippen molar-refractivity contribution in [3.05, 3.63) is 30.0 Å². The Labute approximate surface area is 204 Å². The molecule has 1 saturated heterocycles. The highest BCUT2D eigenvalue weighted by atomic mass is 19.3. The highest BCUT2D eigenvalue weighted by Crippen LogP contribution is 2.34. The summed E-state index contributed by atoms with van der Waals surface area (Å²) in [6.07, 6.45) is 5.19. The minimum absolute atomic E-state index is 0.0242. The number of nitrogens with two attached hydrogens (primary N) is 1. The Bertz CT molecular complexity index is 1030. The van der Waals surface area contributed by atoms with Crippen LogP contribution in [0.5, 0.6) is 5.75 Å². The van der Waals surface area contributed by atoms with Crippen molar-refractivity contribution in [1.29, 1.82) is 0 Å². The van der Waals surface area contributed by atoms with Crippen LogP contribution in [-0.2, 0) is 4.79 Å². The van der Waals surface area contributed by atoms with Gasteiger partial charge < -0.3 is 30.9 Å². The number of primary amides is 1. The van der Waals surface area contributed by atoms with E-state index in [0.29, 0.717) is 11.5 Å². The number of hydrogen-bond acceptors (Lipinski definition) is 8. The second kappa shape index (κ2) is 11.0. The van der Waals surface area contributed by atoms with Gasteiger partial charge in [-0.15, -0.1) is 0 Å². The molecule has 1 aromatic heterocycles. The lowest BCUT2D eigenvalue weighted by Crippen LogP contribution is -2.44. The Hall–Kier alpha value is -3.21. The highest BCUT2D eigenvalue weighted by molar-refractivity contribution is 5.78. The molecule has 4 rings (SSSR count). The van der Waals surface area contributed by atoms with Gasteiger partial charge in [0, 0.05) is 55.7 Å². The van der Waals surface area contributed by atoms with Crippen LogP contribution in [0.1, 0.15) is 31.2 Å². The van der Waals surface area contributed by atoms with Gasteiger partial charge in [-0.25, -0.2) is 4.98 Å². The van der Waals surface area contributed by atoms with Crippen molar-refractivity contribution in [3.63, 3.8) is 0 Å². The highest BCUT2D eigenvalue weighted by Gasteiger charge is 2.30. The minimum atomic E-state index is -2.97. The number of carbonyl (C=O) groups is 1. The van der Waals surface area contributed by atoms with Crippen LogP contribution >= 0.6 is 0 Å². The Morgan fingerprint density at radius 2 is 1.94 bits per heavy atom. The average Bonchev–Trinajstić information content (AvgIpc) is 2.82. The molecule has 2 heterocycles. The number of nitrogens with one attached hydrogen (secondary N) is 2. The number of ether oxygens (including phenoxy) is 1. The summed E-state index contributed by atoms with van der Waals surface area (Å²) in [5, 5.41) is 6.37. The molecule has 1 unspecified atom stereocenters. The topological polar surface area (TPSA) is 109 Å². The van der Waals surface area contributed by atoms with Crippen LogP contribution in [0.4, 0.5) is 31.9 Å². The lowest BCUT2D eigenvalue weighted by Gasteiger charge is -2.34. The second-order valence-corrected chi connectivity index (χ2v) is 9.24. The number of rotatable bonds is 8. The fraction of sp³-hybridized carbons (Fsp3) is 0.542. The molecule has 2 aromatic rings. The van der Waals surface area contributed by atoms with E-state index in [-0.39, 0.29) is 29.6 Å². The molecule has 1 aliphatic heterocycles. The molecule has 4 N–H and O–H groups in total. The summed E-state index contributed by atoms with van der Waals surface area (Å²) in [5.41, 5.74) is 7.57. The number of carbonyl (C=O) groups excluding carboxylic acids is 1. The van der Waals surface area contributed by atoms with Crippen LogP contribution in [0.25, 0.3) is 0 Å². The van der Waals surface area contributed by atoms with Gasteiger partial charge in [0.05, 0.1) is 11.6 Å². The molecule has 11 heteroatoms. The molecular weight excluding hydrogens is 456 g/mol. The van der Waals surface area contributed by atoms with E-state index < -0.39 is 6.61 Å². The predicted molar refractivity (Wildman–Crippen MR) is 131 cm³/mol. The first kappa shape index (κ1) is 24.9. The SMILES string of the molecule is Cc1cnc(Nc2ccc(N3CCN(C)CC3)cc2OC(F)F)nc1N[C@@H]1CCCCC1C(N)=O. The molecule has 9 nitrogen and oxygen atoms in total. The van der Waals surface area contributed by atoms with Crippen LogP contribution in [-0.4, -0.2) is 66.7 Å². The van der Waals surface area contributed by atoms with Gasteiger partial charge in [0.25, 0.3) is 0 Å². The van der Waals surface area contributed by atoms with Crippen molar-refractivity contribution >= 4 is 29.0 Å². The monoisotopic (exact) mass is 489 g/mol. The molecule has 2 fully saturated rings. The Balaban J connectivity index is 1.54. The van der Waals surface area contributed by atoms with Crippen LogP contribution in [0.3, 0.4) is 0 Å². The normalized spacial score (nSPS) is 21.1. The van der Waals surface area contributed by atoms with Gasteiger partial charge in [0.2, 0.25) is 11.9 Å². The molecule has 1 aliphatic carbocycles. The van der Waals surface area contributed by atoms with Crippen molar-refractivity contribution in [2.45, 2.75) is 45.3 Å². The van der Waals surface area contributed by atoms with Crippen molar-refractivity contribution in [1.82, 2.24) is 14.9 Å². The maximum Gasteiger partial charge on any atom is 0.387 e. The number of hydrogen-bond donors (Lipinski definition) is 3. The fourth-order valence-electron chi connectivity index (χ4n) is 4.66. The first-order valence-corrected chi connectivity index (χ1v) is 12.0. The van der Waals surface area contributed by atoms with Crippen molar-refractivity contribution in [2.24, 2.45) is 11.7 Å². The molecule has 0 radical (unpaired) electrons. The van der Waals surface area contributed by atoms with Crippen molar-refractivity contribution < 1.29 is 18.3 Å². The van der Waals surface area contributed by atoms with E-state index in [1.165, 1.54) is 0 Å². The molecule has 1 saturated carbocycles. The number of benzene rings is 1. The number of amides is 1. The lowest BCUT2D eigenvalue weighted by atomic mass is 9.84. The maximum absolute atomic E-state index is 13.2. The number of piperazine rings is 1. The standard InChI is InChI=1S/C24H33F2N7O2/c1-15-14-28-24(31-22(15)29-18-6-4-3-5-17(18)21(27)34)30-19-8-7-16(13-20(19)35-23(25)26)33-11-9-32(2)10-12-33/h7-8,13-14,17-18,23H,3-6,9-12H2,1-2H3,(H2,27,34)(H2,28,29,30,31)/t17?,18-/m1/s1. The van der Waals surface area contributed by atoms with Gasteiger partial charge in [0.1, 0.15) is 5.82 Å². The van der Waals surface area contributed by atoms with Gasteiger partial charge in [-0.1, -0.05) is 12.8 Å². The molecule has 35 heavy (non-hydrogen) atoms. The van der Waals surface area contributed by atoms with Gasteiger partial charge >= 0.3 is 6.61 Å². The first-order valence-electron chi connectivity index (χ1n) is 12.0. The van der Waals surface area contributed by atoms with Crippen LogP contribution in [0, 0.1) is 12.8 Å². The number of alkyl halides is 2. The molecular formula is C24H33F2N7O2. The molecule has 1 aromatic carbocycles. The molecule has 2 atom stereocenters. The molecule has 0 bridgehead atoms. The Morgan fingerprint density at radius 1 is 1.20 bits per heavy atom.